The van der Waals surface area contributed by atoms with Crippen LogP contribution in [0.25, 0.3) is 27.5 Å². The molecule has 4 fully saturated rings. The van der Waals surface area contributed by atoms with Crippen molar-refractivity contribution in [2.24, 2.45) is 23.7 Å². The van der Waals surface area contributed by atoms with Gasteiger partial charge in [0.2, 0.25) is 0 Å². The molecule has 0 N–H and O–H groups in total. The van der Waals surface area contributed by atoms with Crippen LogP contribution < -0.4 is 46.4 Å². The van der Waals surface area contributed by atoms with E-state index in [9.17, 15) is 0 Å². The van der Waals surface area contributed by atoms with Gasteiger partial charge in [-0.1, -0.05) is 243 Å². The average Bonchev–Trinajstić information content (AvgIpc) is 3.85. The minimum Gasteiger partial charge on any atom is -0.310 e. The van der Waals surface area contributed by atoms with Crippen molar-refractivity contribution in [2.45, 2.75) is 37.5 Å². The van der Waals surface area contributed by atoms with E-state index in [-0.39, 0.29) is 5.41 Å². The first-order chi connectivity index (χ1) is 39.6. The van der Waals surface area contributed by atoms with Crippen LogP contribution in [0.1, 0.15) is 43.2 Å². The molecule has 1 spiro atoms. The van der Waals surface area contributed by atoms with E-state index >= 15 is 0 Å². The average molecular weight is 1060 g/mol. The number of para-hydroxylation sites is 3. The van der Waals surface area contributed by atoms with Gasteiger partial charge >= 0.3 is 0 Å². The fraction of sp³-hybridized carbons (Fsp3) is 0.132. The number of hydrogen-bond acceptors (Lipinski definition) is 1. The highest BCUT2D eigenvalue weighted by atomic mass is 28.3. The van der Waals surface area contributed by atoms with Crippen molar-refractivity contribution in [1.29, 1.82) is 0 Å². The maximum absolute atomic E-state index is 3.12. The number of nitrogens with zero attached hydrogens (tertiary/aromatic N) is 2. The van der Waals surface area contributed by atoms with Crippen molar-refractivity contribution in [1.82, 2.24) is 4.57 Å². The Bertz CT molecular complexity index is 3840. The summed E-state index contributed by atoms with van der Waals surface area (Å²) < 4.78 is 2.61. The second kappa shape index (κ2) is 18.8. The molecule has 5 aliphatic rings. The second-order valence-electron chi connectivity index (χ2n) is 23.6. The third kappa shape index (κ3) is 6.88. The van der Waals surface area contributed by atoms with Gasteiger partial charge in [-0.3, -0.25) is 0 Å². The molecule has 384 valence electrons. The van der Waals surface area contributed by atoms with Crippen molar-refractivity contribution in [2.75, 3.05) is 4.90 Å². The van der Waals surface area contributed by atoms with E-state index in [4.69, 9.17) is 0 Å². The highest BCUT2D eigenvalue weighted by Gasteiger charge is 2.61. The first kappa shape index (κ1) is 47.5. The Morgan fingerprint density at radius 1 is 0.287 bits per heavy atom. The third-order valence-electron chi connectivity index (χ3n) is 19.8. The van der Waals surface area contributed by atoms with Crippen LogP contribution in [-0.2, 0) is 5.41 Å². The molecule has 4 aliphatic carbocycles. The minimum atomic E-state index is -3.12. The quantitative estimate of drug-likeness (QED) is 0.0979. The van der Waals surface area contributed by atoms with Gasteiger partial charge < -0.3 is 9.47 Å². The van der Waals surface area contributed by atoms with Gasteiger partial charge in [-0.2, -0.15) is 0 Å². The fourth-order valence-corrected chi connectivity index (χ4v) is 26.8. The summed E-state index contributed by atoms with van der Waals surface area (Å²) in [7, 11) is -6.23. The zero-order chi connectivity index (χ0) is 52.8. The Morgan fingerprint density at radius 3 is 1.07 bits per heavy atom. The van der Waals surface area contributed by atoms with E-state index < -0.39 is 16.1 Å². The van der Waals surface area contributed by atoms with Crippen LogP contribution in [0, 0.1) is 23.7 Å². The lowest BCUT2D eigenvalue weighted by Crippen LogP contribution is -2.78. The molecule has 80 heavy (non-hydrogen) atoms. The number of benzene rings is 11. The van der Waals surface area contributed by atoms with Gasteiger partial charge in [-0.15, -0.1) is 0 Å². The lowest BCUT2D eigenvalue weighted by Gasteiger charge is -2.64. The first-order valence-electron chi connectivity index (χ1n) is 29.2. The Morgan fingerprint density at radius 2 is 0.650 bits per heavy atom. The van der Waals surface area contributed by atoms with E-state index in [0.29, 0.717) is 11.8 Å². The van der Waals surface area contributed by atoms with Crippen LogP contribution in [0.2, 0.25) is 0 Å². The molecular formula is C76H62N2Si2. The SMILES string of the molecule is c1ccc([Si](c2ccccc2)(c2ccccc2)c2cc(-n3c4ccccc4c4cc(N5c6ccccc6C6(c7ccccc75)C5CC7CC(C5)CC6C7)ccc43)cc([Si](c3ccccc3)(c3ccccc3)c3ccccc3)c2)cc1. The Labute approximate surface area is 472 Å². The monoisotopic (exact) mass is 1060 g/mol. The number of fused-ring (bicyclic) bond motifs is 5. The van der Waals surface area contributed by atoms with Crippen molar-refractivity contribution in [3.63, 3.8) is 0 Å². The largest absolute Gasteiger partial charge is 0.310 e. The molecule has 4 saturated carbocycles. The Hall–Kier alpha value is -8.55. The maximum atomic E-state index is 2.68. The van der Waals surface area contributed by atoms with Crippen LogP contribution in [-0.4, -0.2) is 20.7 Å². The molecule has 0 unspecified atom stereocenters. The Kier molecular flexibility index (Phi) is 11.2. The van der Waals surface area contributed by atoms with Gasteiger partial charge in [0.25, 0.3) is 0 Å². The predicted octanol–water partition coefficient (Wildman–Crippen LogP) is 13.1. The van der Waals surface area contributed by atoms with Crippen LogP contribution in [0.5, 0.6) is 0 Å². The van der Waals surface area contributed by atoms with Gasteiger partial charge in [-0.25, -0.2) is 0 Å². The topological polar surface area (TPSA) is 8.17 Å². The number of hydrogen-bond donors (Lipinski definition) is 0. The summed E-state index contributed by atoms with van der Waals surface area (Å²) in [6.45, 7) is 0. The van der Waals surface area contributed by atoms with Crippen molar-refractivity contribution < 1.29 is 0 Å². The van der Waals surface area contributed by atoms with Crippen LogP contribution >= 0.6 is 0 Å². The molecule has 11 aromatic carbocycles. The van der Waals surface area contributed by atoms with E-state index in [1.165, 1.54) is 118 Å². The van der Waals surface area contributed by atoms with Gasteiger partial charge in [0, 0.05) is 27.6 Å². The van der Waals surface area contributed by atoms with Crippen molar-refractivity contribution >= 4 is 96.5 Å². The summed E-state index contributed by atoms with van der Waals surface area (Å²) >= 11 is 0. The lowest BCUT2D eigenvalue weighted by molar-refractivity contribution is -0.0419. The van der Waals surface area contributed by atoms with E-state index in [1.54, 1.807) is 11.1 Å². The lowest BCUT2D eigenvalue weighted by atomic mass is 9.41. The van der Waals surface area contributed by atoms with Gasteiger partial charge in [0.05, 0.1) is 22.4 Å². The summed E-state index contributed by atoms with van der Waals surface area (Å²) in [6.07, 6.45) is 6.90. The van der Waals surface area contributed by atoms with Gasteiger partial charge in [-0.05, 0) is 157 Å². The summed E-state index contributed by atoms with van der Waals surface area (Å²) in [5, 5.41) is 13.4. The van der Waals surface area contributed by atoms with Gasteiger partial charge in [0.1, 0.15) is 0 Å². The maximum Gasteiger partial charge on any atom is 0.179 e. The van der Waals surface area contributed by atoms with Gasteiger partial charge in [0.15, 0.2) is 16.1 Å². The molecule has 0 atom stereocenters. The van der Waals surface area contributed by atoms with E-state index in [1.807, 2.05) is 0 Å². The second-order valence-corrected chi connectivity index (χ2v) is 31.2. The highest BCUT2D eigenvalue weighted by molar-refractivity contribution is 7.22. The van der Waals surface area contributed by atoms with E-state index in [2.05, 4.69) is 301 Å². The zero-order valence-corrected chi connectivity index (χ0v) is 47.0. The number of anilines is 3. The standard InChI is InChI=1S/C76H62N2Si2/c1-7-25-60(26-8-1)79(61-27-9-2-10-28-61,62-29-11-3-12-30-62)66-50-59(51-67(53-66)80(63-31-13-4-14-32-63,64-33-15-5-16-34-64)65-35-17-6-18-36-65)78-72-40-22-19-37-68(72)69-52-58(43-44-73(69)78)77-74-41-23-20-38-70(74)76(71-39-21-24-42-75(71)77)56-46-54-45-55(48-56)49-57(76)47-54/h1-44,50-57H,45-49H2. The molecule has 0 amide bonds. The molecule has 12 aromatic rings. The summed E-state index contributed by atoms with van der Waals surface area (Å²) in [4.78, 5) is 2.63. The molecule has 17 rings (SSSR count). The zero-order valence-electron chi connectivity index (χ0n) is 45.0. The molecule has 2 nitrogen and oxygen atoms in total. The molecule has 4 heteroatoms. The number of rotatable bonds is 10. The Balaban J connectivity index is 0.991. The normalized spacial score (nSPS) is 18.8. The molecular weight excluding hydrogens is 997 g/mol. The highest BCUT2D eigenvalue weighted by Crippen LogP contribution is 2.69. The van der Waals surface area contributed by atoms with Crippen LogP contribution in [0.3, 0.4) is 0 Å². The van der Waals surface area contributed by atoms with Crippen LogP contribution in [0.4, 0.5) is 17.1 Å². The molecule has 1 aliphatic heterocycles. The third-order valence-corrected chi connectivity index (χ3v) is 29.3. The molecule has 0 saturated heterocycles. The van der Waals surface area contributed by atoms with Crippen molar-refractivity contribution in [3.8, 4) is 5.69 Å². The molecule has 0 radical (unpaired) electrons. The smallest absolute Gasteiger partial charge is 0.179 e. The summed E-state index contributed by atoms with van der Waals surface area (Å²) in [6, 6.07) is 112. The van der Waals surface area contributed by atoms with E-state index in [0.717, 1.165) is 11.8 Å². The van der Waals surface area contributed by atoms with Crippen LogP contribution in [0.15, 0.2) is 291 Å². The summed E-state index contributed by atoms with van der Waals surface area (Å²) in [5.74, 6) is 3.15. The fourth-order valence-electron chi connectivity index (χ4n) is 17.1. The molecule has 2 heterocycles. The molecule has 4 bridgehead atoms. The van der Waals surface area contributed by atoms with Crippen molar-refractivity contribution in [3.05, 3.63) is 302 Å². The molecule has 1 aromatic heterocycles. The predicted molar refractivity (Wildman–Crippen MR) is 341 cm³/mol. The first-order valence-corrected chi connectivity index (χ1v) is 33.2. The number of aromatic nitrogens is 1. The summed E-state index contributed by atoms with van der Waals surface area (Å²) in [5.41, 5.74) is 10.6. The minimum absolute atomic E-state index is 0.0511.